The number of amides is 3. The molecule has 16 heavy (non-hydrogen) atoms. The second-order valence-corrected chi connectivity index (χ2v) is 4.74. The largest absolute Gasteiger partial charge is 0.351 e. The van der Waals surface area contributed by atoms with Gasteiger partial charge in [-0.2, -0.15) is 0 Å². The molecule has 0 unspecified atom stereocenters. The third kappa shape index (κ3) is 2.59. The smallest absolute Gasteiger partial charge is 0.318 e. The minimum atomic E-state index is -0.793. The third-order valence-electron chi connectivity index (χ3n) is 2.52. The topological polar surface area (TPSA) is 75.4 Å². The van der Waals surface area contributed by atoms with Gasteiger partial charge >= 0.3 is 6.03 Å². The van der Waals surface area contributed by atoms with Crippen molar-refractivity contribution in [2.24, 2.45) is 5.73 Å². The molecule has 6 heteroatoms. The Bertz CT molecular complexity index is 416. The predicted octanol–water partition coefficient (Wildman–Crippen LogP) is 0.301. The summed E-state index contributed by atoms with van der Waals surface area (Å²) in [5.74, 6) is -0.342. The van der Waals surface area contributed by atoms with Gasteiger partial charge in [-0.25, -0.2) is 4.79 Å². The quantitative estimate of drug-likeness (QED) is 0.779. The van der Waals surface area contributed by atoms with Crippen LogP contribution in [0.1, 0.15) is 10.4 Å². The number of urea groups is 1. The van der Waals surface area contributed by atoms with Crippen LogP contribution in [0.4, 0.5) is 4.79 Å². The molecule has 3 amide bonds. The van der Waals surface area contributed by atoms with E-state index in [9.17, 15) is 9.59 Å². The molecule has 2 heterocycles. The van der Waals surface area contributed by atoms with E-state index < -0.39 is 6.03 Å². The molecule has 0 bridgehead atoms. The summed E-state index contributed by atoms with van der Waals surface area (Å²) in [6, 6.07) is 1.29. The second kappa shape index (κ2) is 4.63. The Kier molecular flexibility index (Phi) is 3.21. The van der Waals surface area contributed by atoms with Crippen LogP contribution in [0.5, 0.6) is 0 Å². The van der Waals surface area contributed by atoms with Gasteiger partial charge in [0, 0.05) is 18.0 Å². The van der Waals surface area contributed by atoms with Crippen LogP contribution in [0.3, 0.4) is 0 Å². The fraction of sp³-hybridized carbons (Fsp3) is 0.400. The molecule has 0 fully saturated rings. The van der Waals surface area contributed by atoms with Gasteiger partial charge in [-0.3, -0.25) is 15.0 Å². The van der Waals surface area contributed by atoms with Crippen molar-refractivity contribution in [3.8, 4) is 0 Å². The summed E-state index contributed by atoms with van der Waals surface area (Å²) in [6.45, 7) is 1.84. The monoisotopic (exact) mass is 239 g/mol. The lowest BCUT2D eigenvalue weighted by Crippen LogP contribution is -2.43. The number of carbonyl (C=O) groups excluding carboxylic acids is 2. The number of hydrogen-bond acceptors (Lipinski definition) is 4. The molecule has 2 rings (SSSR count). The van der Waals surface area contributed by atoms with Gasteiger partial charge in [-0.15, -0.1) is 11.3 Å². The molecule has 1 aliphatic heterocycles. The zero-order valence-corrected chi connectivity index (χ0v) is 9.55. The van der Waals surface area contributed by atoms with Crippen molar-refractivity contribution < 1.29 is 9.59 Å². The van der Waals surface area contributed by atoms with Crippen molar-refractivity contribution in [1.29, 1.82) is 0 Å². The number of primary amides is 1. The first-order valence-electron chi connectivity index (χ1n) is 5.02. The Balaban J connectivity index is 1.89. The molecule has 0 spiro atoms. The zero-order valence-electron chi connectivity index (χ0n) is 8.73. The number of rotatable bonds is 2. The van der Waals surface area contributed by atoms with Gasteiger partial charge in [0.25, 0.3) is 0 Å². The molecule has 3 N–H and O–H groups in total. The minimum Gasteiger partial charge on any atom is -0.351 e. The van der Waals surface area contributed by atoms with E-state index in [4.69, 9.17) is 5.73 Å². The Morgan fingerprint density at radius 2 is 2.38 bits per heavy atom. The van der Waals surface area contributed by atoms with Gasteiger partial charge in [0.1, 0.15) is 0 Å². The highest BCUT2D eigenvalue weighted by molar-refractivity contribution is 7.10. The SMILES string of the molecule is NC(=O)NC(=O)CN1CCc2sccc2C1. The summed E-state index contributed by atoms with van der Waals surface area (Å²) in [6.07, 6.45) is 0.969. The summed E-state index contributed by atoms with van der Waals surface area (Å²) >= 11 is 1.76. The second-order valence-electron chi connectivity index (χ2n) is 3.74. The lowest BCUT2D eigenvalue weighted by atomic mass is 10.1. The van der Waals surface area contributed by atoms with E-state index in [1.165, 1.54) is 10.4 Å². The van der Waals surface area contributed by atoms with Crippen LogP contribution >= 0.6 is 11.3 Å². The van der Waals surface area contributed by atoms with E-state index in [0.717, 1.165) is 19.5 Å². The highest BCUT2D eigenvalue weighted by atomic mass is 32.1. The van der Waals surface area contributed by atoms with Crippen molar-refractivity contribution in [1.82, 2.24) is 10.2 Å². The van der Waals surface area contributed by atoms with Crippen molar-refractivity contribution >= 4 is 23.3 Å². The van der Waals surface area contributed by atoms with E-state index in [1.54, 1.807) is 11.3 Å². The van der Waals surface area contributed by atoms with Gasteiger partial charge in [0.15, 0.2) is 0 Å². The van der Waals surface area contributed by atoms with Gasteiger partial charge in [-0.05, 0) is 23.4 Å². The summed E-state index contributed by atoms with van der Waals surface area (Å²) in [5.41, 5.74) is 6.15. The number of thiophene rings is 1. The number of carbonyl (C=O) groups is 2. The number of hydrogen-bond donors (Lipinski definition) is 2. The van der Waals surface area contributed by atoms with Crippen LogP contribution < -0.4 is 11.1 Å². The van der Waals surface area contributed by atoms with E-state index in [1.807, 2.05) is 4.90 Å². The number of fused-ring (bicyclic) bond motifs is 1. The van der Waals surface area contributed by atoms with Crippen LogP contribution in [0, 0.1) is 0 Å². The first-order chi connectivity index (χ1) is 7.65. The molecular formula is C10H13N3O2S. The predicted molar refractivity (Wildman–Crippen MR) is 61.0 cm³/mol. The maximum Gasteiger partial charge on any atom is 0.318 e. The normalized spacial score (nSPS) is 15.5. The number of imide groups is 1. The van der Waals surface area contributed by atoms with E-state index >= 15 is 0 Å². The van der Waals surface area contributed by atoms with Crippen LogP contribution in [0.25, 0.3) is 0 Å². The molecule has 1 aliphatic rings. The molecule has 0 saturated heterocycles. The first-order valence-corrected chi connectivity index (χ1v) is 5.90. The average Bonchev–Trinajstić information content (AvgIpc) is 2.63. The lowest BCUT2D eigenvalue weighted by molar-refractivity contribution is -0.121. The average molecular weight is 239 g/mol. The number of nitrogens with one attached hydrogen (secondary N) is 1. The van der Waals surface area contributed by atoms with Gasteiger partial charge in [0.2, 0.25) is 5.91 Å². The number of nitrogens with two attached hydrogens (primary N) is 1. The maximum atomic E-state index is 11.3. The summed E-state index contributed by atoms with van der Waals surface area (Å²) in [4.78, 5) is 25.2. The molecular weight excluding hydrogens is 226 g/mol. The molecule has 0 aromatic carbocycles. The fourth-order valence-corrected chi connectivity index (χ4v) is 2.71. The molecule has 0 saturated carbocycles. The fourth-order valence-electron chi connectivity index (χ4n) is 1.82. The van der Waals surface area contributed by atoms with Crippen molar-refractivity contribution in [3.05, 3.63) is 21.9 Å². The van der Waals surface area contributed by atoms with Gasteiger partial charge in [0.05, 0.1) is 6.54 Å². The summed E-state index contributed by atoms with van der Waals surface area (Å²) in [5, 5.41) is 4.14. The van der Waals surface area contributed by atoms with Crippen molar-refractivity contribution in [2.45, 2.75) is 13.0 Å². The maximum absolute atomic E-state index is 11.3. The van der Waals surface area contributed by atoms with Gasteiger partial charge in [-0.1, -0.05) is 0 Å². The van der Waals surface area contributed by atoms with E-state index in [-0.39, 0.29) is 12.5 Å². The molecule has 1 aromatic heterocycles. The van der Waals surface area contributed by atoms with Crippen molar-refractivity contribution in [2.75, 3.05) is 13.1 Å². The summed E-state index contributed by atoms with van der Waals surface area (Å²) < 4.78 is 0. The van der Waals surface area contributed by atoms with E-state index in [0.29, 0.717) is 0 Å². The first kappa shape index (κ1) is 11.1. The van der Waals surface area contributed by atoms with Crippen LogP contribution in [0.2, 0.25) is 0 Å². The molecule has 0 radical (unpaired) electrons. The number of nitrogens with zero attached hydrogens (tertiary/aromatic N) is 1. The van der Waals surface area contributed by atoms with Crippen LogP contribution in [-0.4, -0.2) is 29.9 Å². The molecule has 0 atom stereocenters. The highest BCUT2D eigenvalue weighted by Gasteiger charge is 2.19. The van der Waals surface area contributed by atoms with Crippen LogP contribution in [0.15, 0.2) is 11.4 Å². The van der Waals surface area contributed by atoms with Crippen LogP contribution in [-0.2, 0) is 17.8 Å². The van der Waals surface area contributed by atoms with Gasteiger partial charge < -0.3 is 5.73 Å². The Labute approximate surface area is 97.2 Å². The third-order valence-corrected chi connectivity index (χ3v) is 3.54. The van der Waals surface area contributed by atoms with E-state index in [2.05, 4.69) is 16.8 Å². The Morgan fingerprint density at radius 1 is 1.56 bits per heavy atom. The Hall–Kier alpha value is -1.40. The lowest BCUT2D eigenvalue weighted by Gasteiger charge is -2.25. The Morgan fingerprint density at radius 3 is 3.12 bits per heavy atom. The summed E-state index contributed by atoms with van der Waals surface area (Å²) in [7, 11) is 0. The molecule has 5 nitrogen and oxygen atoms in total. The minimum absolute atomic E-state index is 0.220. The molecule has 0 aliphatic carbocycles. The van der Waals surface area contributed by atoms with Crippen molar-refractivity contribution in [3.63, 3.8) is 0 Å². The standard InChI is InChI=1S/C10H13N3O2S/c11-10(15)12-9(14)6-13-3-1-8-7(5-13)2-4-16-8/h2,4H,1,3,5-6H2,(H3,11,12,14,15). The molecule has 1 aromatic rings. The highest BCUT2D eigenvalue weighted by Crippen LogP contribution is 2.23. The molecule has 86 valence electrons. The zero-order chi connectivity index (χ0) is 11.5.